The summed E-state index contributed by atoms with van der Waals surface area (Å²) < 4.78 is 0. The van der Waals surface area contributed by atoms with Crippen LogP contribution in [0, 0.1) is 5.41 Å². The normalized spacial score (nSPS) is 13.4. The number of hydrogen-bond donors (Lipinski definition) is 0. The maximum Gasteiger partial charge on any atom is -0.0144 e. The summed E-state index contributed by atoms with van der Waals surface area (Å²) in [5.74, 6) is 0. The highest BCUT2D eigenvalue weighted by atomic mass is 14.2. The molecule has 0 amide bonds. The highest BCUT2D eigenvalue weighted by Gasteiger charge is 2.18. The first-order chi connectivity index (χ1) is 7.54. The van der Waals surface area contributed by atoms with Crippen LogP contribution >= 0.6 is 0 Å². The Balaban J connectivity index is 4.13. The van der Waals surface area contributed by atoms with Gasteiger partial charge in [0.2, 0.25) is 0 Å². The molecule has 0 heteroatoms. The van der Waals surface area contributed by atoms with E-state index >= 15 is 0 Å². The number of allylic oxidation sites excluding steroid dienone is 5. The van der Waals surface area contributed by atoms with Crippen LogP contribution in [0.3, 0.4) is 0 Å². The average molecular weight is 220 g/mol. The van der Waals surface area contributed by atoms with Crippen molar-refractivity contribution in [2.45, 2.75) is 59.8 Å². The van der Waals surface area contributed by atoms with Crippen LogP contribution in [0.5, 0.6) is 0 Å². The molecular formula is C16H28. The summed E-state index contributed by atoms with van der Waals surface area (Å²) in [5, 5.41) is 0. The van der Waals surface area contributed by atoms with Crippen molar-refractivity contribution in [3.8, 4) is 0 Å². The highest BCUT2D eigenvalue weighted by Crippen LogP contribution is 2.32. The molecule has 0 saturated heterocycles. The summed E-state index contributed by atoms with van der Waals surface area (Å²) in [6, 6.07) is 0. The van der Waals surface area contributed by atoms with Crippen molar-refractivity contribution in [3.05, 3.63) is 36.5 Å². The van der Waals surface area contributed by atoms with E-state index in [0.717, 1.165) is 0 Å². The van der Waals surface area contributed by atoms with Crippen molar-refractivity contribution >= 4 is 0 Å². The van der Waals surface area contributed by atoms with Gasteiger partial charge in [0.05, 0.1) is 0 Å². The van der Waals surface area contributed by atoms with E-state index < -0.39 is 0 Å². The van der Waals surface area contributed by atoms with Gasteiger partial charge in [-0.15, -0.1) is 0 Å². The van der Waals surface area contributed by atoms with Crippen molar-refractivity contribution in [1.29, 1.82) is 0 Å². The van der Waals surface area contributed by atoms with E-state index in [1.807, 2.05) is 12.2 Å². The van der Waals surface area contributed by atoms with Gasteiger partial charge < -0.3 is 0 Å². The first-order valence-electron chi connectivity index (χ1n) is 6.51. The predicted octanol–water partition coefficient (Wildman–Crippen LogP) is 5.67. The lowest BCUT2D eigenvalue weighted by atomic mass is 9.80. The summed E-state index contributed by atoms with van der Waals surface area (Å²) in [5.41, 5.74) is 1.79. The Labute approximate surface area is 102 Å². The summed E-state index contributed by atoms with van der Waals surface area (Å²) in [6.45, 7) is 12.8. The molecule has 0 N–H and O–H groups in total. The largest absolute Gasteiger partial charge is 0.0991 e. The van der Waals surface area contributed by atoms with Gasteiger partial charge in [-0.3, -0.25) is 0 Å². The minimum atomic E-state index is 0.333. The third kappa shape index (κ3) is 6.66. The molecular weight excluding hydrogens is 192 g/mol. The van der Waals surface area contributed by atoms with Crippen LogP contribution in [-0.2, 0) is 0 Å². The number of hydrogen-bond acceptors (Lipinski definition) is 0. The van der Waals surface area contributed by atoms with Crippen LogP contribution in [0.25, 0.3) is 0 Å². The van der Waals surface area contributed by atoms with Crippen molar-refractivity contribution in [1.82, 2.24) is 0 Å². The summed E-state index contributed by atoms with van der Waals surface area (Å²) in [7, 11) is 0. The zero-order valence-electron chi connectivity index (χ0n) is 11.6. The molecule has 0 fully saturated rings. The molecule has 0 rings (SSSR count). The van der Waals surface area contributed by atoms with Gasteiger partial charge in [0, 0.05) is 0 Å². The van der Waals surface area contributed by atoms with Gasteiger partial charge in [0.25, 0.3) is 0 Å². The monoisotopic (exact) mass is 220 g/mol. The predicted molar refractivity (Wildman–Crippen MR) is 75.6 cm³/mol. The van der Waals surface area contributed by atoms with Crippen LogP contribution in [-0.4, -0.2) is 0 Å². The SMILES string of the molecule is C=C/C=C\C=C(/C)C(C)(C)CCCCCC. The van der Waals surface area contributed by atoms with Crippen LogP contribution in [0.15, 0.2) is 36.5 Å². The molecule has 0 aromatic heterocycles. The molecule has 0 radical (unpaired) electrons. The second-order valence-corrected chi connectivity index (χ2v) is 5.16. The van der Waals surface area contributed by atoms with Crippen LogP contribution in [0.4, 0.5) is 0 Å². The van der Waals surface area contributed by atoms with Crippen LogP contribution in [0.1, 0.15) is 59.8 Å². The van der Waals surface area contributed by atoms with E-state index in [1.54, 1.807) is 0 Å². The molecule has 16 heavy (non-hydrogen) atoms. The standard InChI is InChI=1S/C16H28/c1-6-8-10-12-14-16(4,5)15(3)13-11-9-7-2/h7,9,11,13H,2,6,8,10,12,14H2,1,3-5H3/b11-9-,15-13+. The average Bonchev–Trinajstić information content (AvgIpc) is 2.24. The fraction of sp³-hybridized carbons (Fsp3) is 0.625. The van der Waals surface area contributed by atoms with Crippen molar-refractivity contribution in [2.75, 3.05) is 0 Å². The van der Waals surface area contributed by atoms with E-state index in [9.17, 15) is 0 Å². The number of unbranched alkanes of at least 4 members (excludes halogenated alkanes) is 3. The van der Waals surface area contributed by atoms with Crippen molar-refractivity contribution in [3.63, 3.8) is 0 Å². The molecule has 0 heterocycles. The van der Waals surface area contributed by atoms with E-state index in [4.69, 9.17) is 0 Å². The molecule has 0 aliphatic carbocycles. The third-order valence-corrected chi connectivity index (χ3v) is 3.32. The van der Waals surface area contributed by atoms with Crippen LogP contribution in [0.2, 0.25) is 0 Å². The molecule has 0 spiro atoms. The van der Waals surface area contributed by atoms with Crippen LogP contribution < -0.4 is 0 Å². The first-order valence-corrected chi connectivity index (χ1v) is 6.51. The molecule has 0 atom stereocenters. The maximum atomic E-state index is 3.67. The van der Waals surface area contributed by atoms with E-state index in [-0.39, 0.29) is 0 Å². The minimum Gasteiger partial charge on any atom is -0.0991 e. The summed E-state index contributed by atoms with van der Waals surface area (Å²) >= 11 is 0. The van der Waals surface area contributed by atoms with Gasteiger partial charge in [-0.2, -0.15) is 0 Å². The van der Waals surface area contributed by atoms with Gasteiger partial charge in [-0.1, -0.05) is 82.9 Å². The van der Waals surface area contributed by atoms with E-state index in [0.29, 0.717) is 5.41 Å². The second-order valence-electron chi connectivity index (χ2n) is 5.16. The van der Waals surface area contributed by atoms with Crippen molar-refractivity contribution < 1.29 is 0 Å². The lowest BCUT2D eigenvalue weighted by Gasteiger charge is -2.25. The Hall–Kier alpha value is -0.780. The smallest absolute Gasteiger partial charge is 0.0144 e. The molecule has 0 aromatic carbocycles. The number of rotatable bonds is 8. The Morgan fingerprint density at radius 2 is 1.81 bits per heavy atom. The first kappa shape index (κ1) is 15.2. The summed E-state index contributed by atoms with van der Waals surface area (Å²) in [6.07, 6.45) is 14.8. The lowest BCUT2D eigenvalue weighted by molar-refractivity contribution is 0.384. The molecule has 0 bridgehead atoms. The van der Waals surface area contributed by atoms with E-state index in [2.05, 4.69) is 46.4 Å². The minimum absolute atomic E-state index is 0.333. The Morgan fingerprint density at radius 3 is 2.38 bits per heavy atom. The molecule has 0 nitrogen and oxygen atoms in total. The van der Waals surface area contributed by atoms with Gasteiger partial charge >= 0.3 is 0 Å². The highest BCUT2D eigenvalue weighted by molar-refractivity contribution is 5.18. The zero-order chi connectivity index (χ0) is 12.4. The second kappa shape index (κ2) is 8.38. The maximum absolute atomic E-state index is 3.67. The third-order valence-electron chi connectivity index (χ3n) is 3.32. The molecule has 0 unspecified atom stereocenters. The summed E-state index contributed by atoms with van der Waals surface area (Å²) in [4.78, 5) is 0. The lowest BCUT2D eigenvalue weighted by Crippen LogP contribution is -2.12. The molecule has 0 saturated carbocycles. The van der Waals surface area contributed by atoms with Gasteiger partial charge in [0.15, 0.2) is 0 Å². The van der Waals surface area contributed by atoms with Gasteiger partial charge in [-0.25, -0.2) is 0 Å². The fourth-order valence-electron chi connectivity index (χ4n) is 1.69. The zero-order valence-corrected chi connectivity index (χ0v) is 11.6. The van der Waals surface area contributed by atoms with Gasteiger partial charge in [0.1, 0.15) is 0 Å². The molecule has 92 valence electrons. The van der Waals surface area contributed by atoms with Gasteiger partial charge in [-0.05, 0) is 18.8 Å². The van der Waals surface area contributed by atoms with E-state index in [1.165, 1.54) is 37.7 Å². The Bertz CT molecular complexity index is 241. The Kier molecular flexibility index (Phi) is 7.97. The van der Waals surface area contributed by atoms with Crippen molar-refractivity contribution in [2.24, 2.45) is 5.41 Å². The molecule has 0 aliphatic heterocycles. The topological polar surface area (TPSA) is 0 Å². The quantitative estimate of drug-likeness (QED) is 0.365. The Morgan fingerprint density at radius 1 is 1.12 bits per heavy atom. The molecule has 0 aliphatic rings. The fourth-order valence-corrected chi connectivity index (χ4v) is 1.69. The molecule has 0 aromatic rings.